The Bertz CT molecular complexity index is 619. The van der Waals surface area contributed by atoms with Crippen LogP contribution in [-0.2, 0) is 9.59 Å². The summed E-state index contributed by atoms with van der Waals surface area (Å²) in [5.74, 6) is 0.122. The summed E-state index contributed by atoms with van der Waals surface area (Å²) in [4.78, 5) is 35.4. The summed E-state index contributed by atoms with van der Waals surface area (Å²) in [6, 6.07) is -0.708. The van der Waals surface area contributed by atoms with Gasteiger partial charge in [-0.2, -0.15) is 0 Å². The Kier molecular flexibility index (Phi) is 4.29. The van der Waals surface area contributed by atoms with Crippen LogP contribution < -0.4 is 9.64 Å². The van der Waals surface area contributed by atoms with Crippen LogP contribution in [0, 0.1) is 5.41 Å². The van der Waals surface area contributed by atoms with E-state index in [1.54, 1.807) is 19.5 Å². The molecule has 2 saturated heterocycles. The van der Waals surface area contributed by atoms with Crippen LogP contribution in [-0.4, -0.2) is 64.6 Å². The molecule has 0 aromatic carbocycles. The Hall–Kier alpha value is -2.38. The lowest BCUT2D eigenvalue weighted by Gasteiger charge is -2.39. The predicted molar refractivity (Wildman–Crippen MR) is 85.9 cm³/mol. The van der Waals surface area contributed by atoms with Crippen LogP contribution in [0.15, 0.2) is 12.4 Å². The van der Waals surface area contributed by atoms with E-state index in [0.29, 0.717) is 24.7 Å². The first-order valence-corrected chi connectivity index (χ1v) is 8.06. The van der Waals surface area contributed by atoms with Gasteiger partial charge in [-0.3, -0.25) is 4.79 Å². The van der Waals surface area contributed by atoms with Gasteiger partial charge in [-0.15, -0.1) is 0 Å². The second kappa shape index (κ2) is 6.26. The molecule has 1 amide bonds. The average molecular weight is 334 g/mol. The zero-order chi connectivity index (χ0) is 17.3. The zero-order valence-corrected chi connectivity index (χ0v) is 13.9. The predicted octanol–water partition coefficient (Wildman–Crippen LogP) is 0.777. The third kappa shape index (κ3) is 2.88. The molecule has 1 unspecified atom stereocenters. The molecule has 1 N–H and O–H groups in total. The molecule has 0 saturated carbocycles. The van der Waals surface area contributed by atoms with E-state index in [0.717, 1.165) is 25.9 Å². The monoisotopic (exact) mass is 334 g/mol. The third-order valence-corrected chi connectivity index (χ3v) is 5.16. The molecule has 8 heteroatoms. The van der Waals surface area contributed by atoms with Crippen LogP contribution in [0.25, 0.3) is 0 Å². The third-order valence-electron chi connectivity index (χ3n) is 5.16. The minimum Gasteiger partial charge on any atom is -0.480 e. The number of hydrogen-bond donors (Lipinski definition) is 1. The Morgan fingerprint density at radius 1 is 1.29 bits per heavy atom. The Balaban J connectivity index is 1.73. The highest BCUT2D eigenvalue weighted by Crippen LogP contribution is 2.44. The molecule has 1 aromatic rings. The first kappa shape index (κ1) is 16.5. The molecule has 2 aliphatic heterocycles. The van der Waals surface area contributed by atoms with Gasteiger partial charge in [0, 0.05) is 39.0 Å². The van der Waals surface area contributed by atoms with E-state index in [-0.39, 0.29) is 11.3 Å². The number of rotatable bonds is 3. The molecule has 130 valence electrons. The normalized spacial score (nSPS) is 22.7. The van der Waals surface area contributed by atoms with Crippen molar-refractivity contribution in [2.24, 2.45) is 5.41 Å². The number of carboxylic acids is 1. The number of aliphatic carboxylic acids is 1. The minimum atomic E-state index is -0.917. The lowest BCUT2D eigenvalue weighted by atomic mass is 9.76. The van der Waals surface area contributed by atoms with Gasteiger partial charge in [-0.1, -0.05) is 0 Å². The molecule has 8 nitrogen and oxygen atoms in total. The van der Waals surface area contributed by atoms with Crippen molar-refractivity contribution in [1.29, 1.82) is 0 Å². The van der Waals surface area contributed by atoms with Crippen molar-refractivity contribution < 1.29 is 19.4 Å². The molecule has 3 heterocycles. The smallest absolute Gasteiger partial charge is 0.326 e. The summed E-state index contributed by atoms with van der Waals surface area (Å²) in [5.41, 5.74) is -0.124. The molecule has 2 fully saturated rings. The summed E-state index contributed by atoms with van der Waals surface area (Å²) in [5, 5.41) is 9.41. The van der Waals surface area contributed by atoms with Crippen LogP contribution in [0.2, 0.25) is 0 Å². The number of amides is 1. The highest BCUT2D eigenvalue weighted by Gasteiger charge is 2.49. The number of piperidine rings is 1. The molecule has 2 aliphatic rings. The first-order chi connectivity index (χ1) is 11.5. The molecule has 1 aromatic heterocycles. The summed E-state index contributed by atoms with van der Waals surface area (Å²) >= 11 is 0. The number of methoxy groups -OCH3 is 1. The second-order valence-electron chi connectivity index (χ2n) is 6.58. The molecular formula is C16H22N4O4. The maximum Gasteiger partial charge on any atom is 0.326 e. The minimum absolute atomic E-state index is 0.124. The van der Waals surface area contributed by atoms with Crippen molar-refractivity contribution in [3.63, 3.8) is 0 Å². The van der Waals surface area contributed by atoms with Crippen LogP contribution in [0.4, 0.5) is 5.82 Å². The highest BCUT2D eigenvalue weighted by molar-refractivity contribution is 5.83. The van der Waals surface area contributed by atoms with Gasteiger partial charge in [-0.05, 0) is 24.7 Å². The number of carboxylic acid groups (broad SMARTS) is 1. The van der Waals surface area contributed by atoms with Crippen molar-refractivity contribution in [1.82, 2.24) is 14.9 Å². The van der Waals surface area contributed by atoms with Gasteiger partial charge in [-0.25, -0.2) is 14.8 Å². The Morgan fingerprint density at radius 3 is 2.50 bits per heavy atom. The van der Waals surface area contributed by atoms with Gasteiger partial charge in [0.15, 0.2) is 5.82 Å². The molecular weight excluding hydrogens is 312 g/mol. The average Bonchev–Trinajstić information content (AvgIpc) is 2.96. The van der Waals surface area contributed by atoms with Crippen LogP contribution in [0.5, 0.6) is 5.88 Å². The topological polar surface area (TPSA) is 95.9 Å². The standard InChI is InChI=1S/C16H22N4O4/c1-11(21)20-10-16(9-12(20)15(22)23)3-7-19(8-4-16)13-14(24-2)18-6-5-17-13/h5-6,12H,3-4,7-10H2,1-2H3,(H,22,23). The van der Waals surface area contributed by atoms with Gasteiger partial charge in [0.25, 0.3) is 5.88 Å². The van der Waals surface area contributed by atoms with E-state index >= 15 is 0 Å². The summed E-state index contributed by atoms with van der Waals surface area (Å²) in [7, 11) is 1.57. The number of nitrogens with zero attached hydrogens (tertiary/aromatic N) is 4. The lowest BCUT2D eigenvalue weighted by molar-refractivity contribution is -0.147. The van der Waals surface area contributed by atoms with E-state index in [4.69, 9.17) is 4.74 Å². The zero-order valence-electron chi connectivity index (χ0n) is 13.9. The summed E-state index contributed by atoms with van der Waals surface area (Å²) < 4.78 is 5.27. The first-order valence-electron chi connectivity index (χ1n) is 8.06. The highest BCUT2D eigenvalue weighted by atomic mass is 16.5. The molecule has 1 spiro atoms. The Labute approximate surface area is 140 Å². The molecule has 24 heavy (non-hydrogen) atoms. The van der Waals surface area contributed by atoms with E-state index in [1.807, 2.05) is 0 Å². The van der Waals surface area contributed by atoms with Crippen LogP contribution >= 0.6 is 0 Å². The van der Waals surface area contributed by atoms with Gasteiger partial charge >= 0.3 is 5.97 Å². The maximum absolute atomic E-state index is 11.8. The largest absolute Gasteiger partial charge is 0.480 e. The second-order valence-corrected chi connectivity index (χ2v) is 6.58. The fourth-order valence-corrected chi connectivity index (χ4v) is 3.84. The summed E-state index contributed by atoms with van der Waals surface area (Å²) in [6.07, 6.45) is 5.39. The fourth-order valence-electron chi connectivity index (χ4n) is 3.84. The van der Waals surface area contributed by atoms with Crippen molar-refractivity contribution >= 4 is 17.7 Å². The number of carbonyl (C=O) groups excluding carboxylic acids is 1. The molecule has 1 atom stereocenters. The summed E-state index contributed by atoms with van der Waals surface area (Å²) in [6.45, 7) is 3.44. The SMILES string of the molecule is COc1nccnc1N1CCC2(CC1)CC(C(=O)O)N(C(C)=O)C2. The van der Waals surface area contributed by atoms with Crippen molar-refractivity contribution in [2.45, 2.75) is 32.2 Å². The van der Waals surface area contributed by atoms with Gasteiger partial charge in [0.1, 0.15) is 6.04 Å². The van der Waals surface area contributed by atoms with Gasteiger partial charge in [0.05, 0.1) is 7.11 Å². The molecule has 3 rings (SSSR count). The Morgan fingerprint density at radius 2 is 1.96 bits per heavy atom. The number of anilines is 1. The fraction of sp³-hybridized carbons (Fsp3) is 0.625. The molecule has 0 radical (unpaired) electrons. The van der Waals surface area contributed by atoms with Crippen molar-refractivity contribution in [3.8, 4) is 5.88 Å². The van der Waals surface area contributed by atoms with E-state index < -0.39 is 12.0 Å². The maximum atomic E-state index is 11.8. The van der Waals surface area contributed by atoms with Crippen LogP contribution in [0.3, 0.4) is 0 Å². The van der Waals surface area contributed by atoms with Crippen molar-refractivity contribution in [3.05, 3.63) is 12.4 Å². The number of likely N-dealkylation sites (tertiary alicyclic amines) is 1. The molecule has 0 bridgehead atoms. The lowest BCUT2D eigenvalue weighted by Crippen LogP contribution is -2.42. The van der Waals surface area contributed by atoms with Crippen molar-refractivity contribution in [2.75, 3.05) is 31.6 Å². The van der Waals surface area contributed by atoms with E-state index in [2.05, 4.69) is 14.9 Å². The number of aromatic nitrogens is 2. The number of ether oxygens (including phenoxy) is 1. The molecule has 0 aliphatic carbocycles. The number of hydrogen-bond acceptors (Lipinski definition) is 6. The van der Waals surface area contributed by atoms with E-state index in [9.17, 15) is 14.7 Å². The number of carbonyl (C=O) groups is 2. The van der Waals surface area contributed by atoms with Crippen LogP contribution in [0.1, 0.15) is 26.2 Å². The quantitative estimate of drug-likeness (QED) is 0.872. The van der Waals surface area contributed by atoms with E-state index in [1.165, 1.54) is 11.8 Å². The van der Waals surface area contributed by atoms with Gasteiger partial charge in [0.2, 0.25) is 5.91 Å². The van der Waals surface area contributed by atoms with Gasteiger partial charge < -0.3 is 19.6 Å².